The molecule has 2 heterocycles. The van der Waals surface area contributed by atoms with Crippen LogP contribution in [-0.2, 0) is 21.9 Å². The van der Waals surface area contributed by atoms with Crippen LogP contribution in [0.15, 0.2) is 78.9 Å². The molecule has 0 aromatic heterocycles. The molecule has 7 nitrogen and oxygen atoms in total. The average Bonchev–Trinajstić information content (AvgIpc) is 3.26. The van der Waals surface area contributed by atoms with Gasteiger partial charge in [-0.1, -0.05) is 48.5 Å². The van der Waals surface area contributed by atoms with Crippen LogP contribution in [0.5, 0.6) is 0 Å². The molecule has 0 radical (unpaired) electrons. The first kappa shape index (κ1) is 31.9. The van der Waals surface area contributed by atoms with Gasteiger partial charge in [0.2, 0.25) is 5.91 Å². The number of likely N-dealkylation sites (tertiary alicyclic amines) is 1. The van der Waals surface area contributed by atoms with E-state index in [9.17, 15) is 40.7 Å². The van der Waals surface area contributed by atoms with E-state index in [1.807, 2.05) is 42.2 Å². The Morgan fingerprint density at radius 3 is 1.91 bits per heavy atom. The minimum atomic E-state index is -5.09. The number of rotatable bonds is 6. The molecule has 0 bridgehead atoms. The Hall–Kier alpha value is -4.55. The fraction of sp³-hybridized carbons (Fsp3) is 0.344. The van der Waals surface area contributed by atoms with E-state index < -0.39 is 40.5 Å². The van der Waals surface area contributed by atoms with Gasteiger partial charge in [0.15, 0.2) is 0 Å². The van der Waals surface area contributed by atoms with Gasteiger partial charge < -0.3 is 20.0 Å². The maximum absolute atomic E-state index is 14.0. The second kappa shape index (κ2) is 12.1. The molecule has 1 unspecified atom stereocenters. The van der Waals surface area contributed by atoms with Crippen molar-refractivity contribution >= 4 is 23.4 Å². The number of hydrogen-bond donors (Lipinski definition) is 1. The van der Waals surface area contributed by atoms with E-state index in [4.69, 9.17) is 0 Å². The molecule has 2 saturated heterocycles. The first-order valence-corrected chi connectivity index (χ1v) is 14.2. The molecule has 3 amide bonds. The van der Waals surface area contributed by atoms with Crippen molar-refractivity contribution in [1.82, 2.24) is 15.1 Å². The van der Waals surface area contributed by atoms with Crippen LogP contribution in [0.25, 0.3) is 0 Å². The molecular weight excluding hydrogens is 602 g/mol. The number of piperidine rings is 1. The van der Waals surface area contributed by atoms with Crippen molar-refractivity contribution in [2.45, 2.75) is 43.7 Å². The van der Waals surface area contributed by atoms with Crippen LogP contribution in [0.1, 0.15) is 52.9 Å². The third-order valence-corrected chi connectivity index (χ3v) is 8.31. The molecule has 13 heteroatoms. The second-order valence-electron chi connectivity index (χ2n) is 11.2. The summed E-state index contributed by atoms with van der Waals surface area (Å²) in [7, 11) is 0. The van der Waals surface area contributed by atoms with Crippen molar-refractivity contribution in [3.8, 4) is 0 Å². The summed E-state index contributed by atoms with van der Waals surface area (Å²) in [4.78, 5) is 44.6. The number of hydrogen-bond acceptors (Lipinski definition) is 4. The zero-order valence-corrected chi connectivity index (χ0v) is 24.2. The fourth-order valence-electron chi connectivity index (χ4n) is 5.95. The lowest BCUT2D eigenvalue weighted by atomic mass is 9.85. The molecular formula is C32H30F6N4O3. The predicted molar refractivity (Wildman–Crippen MR) is 153 cm³/mol. The van der Waals surface area contributed by atoms with Crippen LogP contribution < -0.4 is 10.2 Å². The molecule has 2 fully saturated rings. The van der Waals surface area contributed by atoms with Crippen molar-refractivity contribution in [1.29, 1.82) is 0 Å². The van der Waals surface area contributed by atoms with E-state index in [1.54, 1.807) is 30.3 Å². The van der Waals surface area contributed by atoms with E-state index in [2.05, 4.69) is 5.32 Å². The Kier molecular flexibility index (Phi) is 8.56. The maximum Gasteiger partial charge on any atom is 0.416 e. The largest absolute Gasteiger partial charge is 0.416 e. The number of nitrogens with zero attached hydrogens (tertiary/aromatic N) is 3. The normalized spacial score (nSPS) is 17.5. The minimum absolute atomic E-state index is 0.0255. The summed E-state index contributed by atoms with van der Waals surface area (Å²) < 4.78 is 80.4. The number of halogens is 6. The van der Waals surface area contributed by atoms with Gasteiger partial charge in [-0.05, 0) is 55.7 Å². The summed E-state index contributed by atoms with van der Waals surface area (Å²) in [6.45, 7) is 1.47. The van der Waals surface area contributed by atoms with Crippen LogP contribution in [0.3, 0.4) is 0 Å². The van der Waals surface area contributed by atoms with Gasteiger partial charge in [0.1, 0.15) is 12.1 Å². The Balaban J connectivity index is 1.35. The highest BCUT2D eigenvalue weighted by atomic mass is 19.4. The lowest BCUT2D eigenvalue weighted by Crippen LogP contribution is -2.57. The first-order valence-electron chi connectivity index (χ1n) is 14.2. The van der Waals surface area contributed by atoms with Crippen molar-refractivity contribution in [3.63, 3.8) is 0 Å². The van der Waals surface area contributed by atoms with Gasteiger partial charge in [0.05, 0.1) is 23.8 Å². The average molecular weight is 633 g/mol. The summed E-state index contributed by atoms with van der Waals surface area (Å²) in [6.07, 6.45) is -10.1. The van der Waals surface area contributed by atoms with Gasteiger partial charge in [-0.15, -0.1) is 0 Å². The number of anilines is 1. The molecule has 2 aliphatic rings. The smallest absolute Gasteiger partial charge is 0.348 e. The van der Waals surface area contributed by atoms with Gasteiger partial charge in [-0.25, -0.2) is 0 Å². The molecule has 1 spiro atoms. The Morgan fingerprint density at radius 1 is 0.844 bits per heavy atom. The highest BCUT2D eigenvalue weighted by Crippen LogP contribution is 2.41. The van der Waals surface area contributed by atoms with Crippen molar-refractivity contribution in [2.24, 2.45) is 0 Å². The molecule has 0 aliphatic carbocycles. The number of carbonyl (C=O) groups excluding carboxylic acids is 3. The van der Waals surface area contributed by atoms with Gasteiger partial charge in [-0.3, -0.25) is 14.4 Å². The highest BCUT2D eigenvalue weighted by Gasteiger charge is 2.54. The molecule has 1 atom stereocenters. The summed E-state index contributed by atoms with van der Waals surface area (Å²) >= 11 is 0. The van der Waals surface area contributed by atoms with Crippen LogP contribution >= 0.6 is 0 Å². The predicted octanol–water partition coefficient (Wildman–Crippen LogP) is 5.88. The number of para-hydroxylation sites is 1. The van der Waals surface area contributed by atoms with E-state index in [1.165, 1.54) is 4.90 Å². The van der Waals surface area contributed by atoms with Crippen LogP contribution in [0.2, 0.25) is 0 Å². The lowest BCUT2D eigenvalue weighted by Gasteiger charge is -2.43. The topological polar surface area (TPSA) is 73.0 Å². The number of benzene rings is 3. The quantitative estimate of drug-likeness (QED) is 0.345. The molecule has 3 aromatic rings. The first-order chi connectivity index (χ1) is 21.2. The van der Waals surface area contributed by atoms with Crippen LogP contribution in [0.4, 0.5) is 32.0 Å². The zero-order valence-electron chi connectivity index (χ0n) is 24.2. The molecule has 0 saturated carbocycles. The third kappa shape index (κ3) is 6.62. The van der Waals surface area contributed by atoms with E-state index in [0.29, 0.717) is 17.8 Å². The van der Waals surface area contributed by atoms with Gasteiger partial charge in [0.25, 0.3) is 11.8 Å². The molecule has 238 valence electrons. The molecule has 3 aromatic carbocycles. The Morgan fingerprint density at radius 2 is 1.38 bits per heavy atom. The molecule has 2 aliphatic heterocycles. The van der Waals surface area contributed by atoms with Crippen molar-refractivity contribution in [3.05, 3.63) is 101 Å². The Labute approximate surface area is 255 Å². The number of alkyl halides is 6. The Bertz CT molecular complexity index is 1520. The van der Waals surface area contributed by atoms with Gasteiger partial charge >= 0.3 is 12.4 Å². The molecule has 5 rings (SSSR count). The van der Waals surface area contributed by atoms with E-state index in [-0.39, 0.29) is 63.1 Å². The van der Waals surface area contributed by atoms with Crippen LogP contribution in [-0.4, -0.2) is 59.4 Å². The third-order valence-electron chi connectivity index (χ3n) is 8.31. The van der Waals surface area contributed by atoms with Crippen LogP contribution in [0, 0.1) is 0 Å². The number of carbonyl (C=O) groups is 3. The van der Waals surface area contributed by atoms with Crippen molar-refractivity contribution in [2.75, 3.05) is 31.2 Å². The number of nitrogens with one attached hydrogen (secondary N) is 1. The maximum atomic E-state index is 14.0. The van der Waals surface area contributed by atoms with Crippen molar-refractivity contribution < 1.29 is 40.7 Å². The lowest BCUT2D eigenvalue weighted by molar-refractivity contribution is -0.143. The standard InChI is InChI=1S/C32H30F6N4O3/c1-21(22-8-4-2-5-9-22)39-27(43)19-41-20-42(26-10-6-3-7-11-26)30(29(41)45)12-14-40(15-13-30)28(44)23-16-24(31(33,34)35)18-25(17-23)32(36,37)38/h2-11,16-18,21H,12-15,19-20H2,1H3,(H,39,43). The monoisotopic (exact) mass is 632 g/mol. The molecule has 1 N–H and O–H groups in total. The summed E-state index contributed by atoms with van der Waals surface area (Å²) in [5, 5.41) is 2.90. The zero-order chi connectivity index (χ0) is 32.6. The SMILES string of the molecule is CC(NC(=O)CN1CN(c2ccccc2)C2(CCN(C(=O)c3cc(C(F)(F)F)cc(C(F)(F)F)c3)CC2)C1=O)c1ccccc1. The number of amides is 3. The van der Waals surface area contributed by atoms with E-state index >= 15 is 0 Å². The van der Waals surface area contributed by atoms with E-state index in [0.717, 1.165) is 10.5 Å². The highest BCUT2D eigenvalue weighted by molar-refractivity contribution is 5.98. The van der Waals surface area contributed by atoms with Gasteiger partial charge in [-0.2, -0.15) is 26.3 Å². The van der Waals surface area contributed by atoms with Gasteiger partial charge in [0, 0.05) is 24.3 Å². The summed E-state index contributed by atoms with van der Waals surface area (Å²) in [6, 6.07) is 18.8. The summed E-state index contributed by atoms with van der Waals surface area (Å²) in [5.41, 5.74) is -3.48. The fourth-order valence-corrected chi connectivity index (χ4v) is 5.95. The minimum Gasteiger partial charge on any atom is -0.348 e. The summed E-state index contributed by atoms with van der Waals surface area (Å²) in [5.74, 6) is -1.72. The second-order valence-corrected chi connectivity index (χ2v) is 11.2. The molecule has 45 heavy (non-hydrogen) atoms.